The largest absolute Gasteiger partial charge is 0.381 e. The highest BCUT2D eigenvalue weighted by atomic mass is 79.9. The van der Waals surface area contributed by atoms with Crippen LogP contribution in [0.1, 0.15) is 10.4 Å². The number of nitrogens with one attached hydrogen (secondary N) is 1. The van der Waals surface area contributed by atoms with Crippen molar-refractivity contribution in [2.75, 3.05) is 6.54 Å². The minimum absolute atomic E-state index is 0.234. The standard InChI is InChI=1S/C10H10BrClN2O3/c11-6-2-1-5(3-7(6)12)10(17)14-4-8(15)9(13)16/h1-3,8,15H,4H2,(H2,13,16)(H,14,17). The maximum Gasteiger partial charge on any atom is 0.251 e. The Bertz CT molecular complexity index is 453. The smallest absolute Gasteiger partial charge is 0.251 e. The molecule has 2 amide bonds. The highest BCUT2D eigenvalue weighted by Crippen LogP contribution is 2.23. The van der Waals surface area contributed by atoms with Crippen molar-refractivity contribution < 1.29 is 14.7 Å². The SMILES string of the molecule is NC(=O)C(O)CNC(=O)c1ccc(Br)c(Cl)c1. The molecular weight excluding hydrogens is 311 g/mol. The predicted molar refractivity (Wildman–Crippen MR) is 66.7 cm³/mol. The zero-order chi connectivity index (χ0) is 13.0. The van der Waals surface area contributed by atoms with Crippen LogP contribution in [-0.4, -0.2) is 29.6 Å². The van der Waals surface area contributed by atoms with Crippen LogP contribution in [-0.2, 0) is 4.79 Å². The van der Waals surface area contributed by atoms with E-state index in [1.807, 2.05) is 0 Å². The molecular formula is C10H10BrClN2O3. The number of hydrogen-bond donors (Lipinski definition) is 3. The number of halogens is 2. The minimum Gasteiger partial charge on any atom is -0.381 e. The lowest BCUT2D eigenvalue weighted by Gasteiger charge is -2.08. The molecule has 1 unspecified atom stereocenters. The molecule has 4 N–H and O–H groups in total. The molecule has 0 saturated heterocycles. The molecule has 0 spiro atoms. The average molecular weight is 322 g/mol. The number of amides is 2. The number of carbonyl (C=O) groups excluding carboxylic acids is 2. The van der Waals surface area contributed by atoms with Crippen LogP contribution in [0.5, 0.6) is 0 Å². The fourth-order valence-corrected chi connectivity index (χ4v) is 1.46. The molecule has 1 atom stereocenters. The van der Waals surface area contributed by atoms with Crippen molar-refractivity contribution >= 4 is 39.3 Å². The quantitative estimate of drug-likeness (QED) is 0.761. The van der Waals surface area contributed by atoms with Gasteiger partial charge in [-0.05, 0) is 34.1 Å². The van der Waals surface area contributed by atoms with Gasteiger partial charge in [0.2, 0.25) is 5.91 Å². The third kappa shape index (κ3) is 3.99. The summed E-state index contributed by atoms with van der Waals surface area (Å²) < 4.78 is 0.674. The van der Waals surface area contributed by atoms with Crippen LogP contribution in [0.25, 0.3) is 0 Å². The Kier molecular flexibility index (Phi) is 4.92. The summed E-state index contributed by atoms with van der Waals surface area (Å²) in [7, 11) is 0. The van der Waals surface area contributed by atoms with Crippen LogP contribution in [0.15, 0.2) is 22.7 Å². The fraction of sp³-hybridized carbons (Fsp3) is 0.200. The summed E-state index contributed by atoms with van der Waals surface area (Å²) in [6.07, 6.45) is -1.40. The Morgan fingerprint density at radius 3 is 2.71 bits per heavy atom. The van der Waals surface area contributed by atoms with Crippen molar-refractivity contribution in [2.24, 2.45) is 5.73 Å². The van der Waals surface area contributed by atoms with E-state index in [0.29, 0.717) is 15.1 Å². The molecule has 0 heterocycles. The van der Waals surface area contributed by atoms with Gasteiger partial charge >= 0.3 is 0 Å². The Morgan fingerprint density at radius 2 is 2.18 bits per heavy atom. The Labute approximate surface area is 111 Å². The third-order valence-electron chi connectivity index (χ3n) is 1.97. The van der Waals surface area contributed by atoms with E-state index in [4.69, 9.17) is 22.4 Å². The molecule has 5 nitrogen and oxygen atoms in total. The molecule has 17 heavy (non-hydrogen) atoms. The molecule has 7 heteroatoms. The number of benzene rings is 1. The van der Waals surface area contributed by atoms with Crippen molar-refractivity contribution in [3.05, 3.63) is 33.3 Å². The molecule has 1 aromatic rings. The van der Waals surface area contributed by atoms with Crippen LogP contribution in [0.4, 0.5) is 0 Å². The number of aliphatic hydroxyl groups excluding tert-OH is 1. The van der Waals surface area contributed by atoms with Crippen molar-refractivity contribution in [1.29, 1.82) is 0 Å². The molecule has 0 radical (unpaired) electrons. The summed E-state index contributed by atoms with van der Waals surface area (Å²) in [5, 5.41) is 11.9. The number of primary amides is 1. The summed E-state index contributed by atoms with van der Waals surface area (Å²) >= 11 is 9.02. The normalized spacial score (nSPS) is 11.9. The molecule has 92 valence electrons. The Balaban J connectivity index is 2.64. The highest BCUT2D eigenvalue weighted by molar-refractivity contribution is 9.10. The maximum atomic E-state index is 11.6. The zero-order valence-electron chi connectivity index (χ0n) is 8.61. The number of hydrogen-bond acceptors (Lipinski definition) is 3. The lowest BCUT2D eigenvalue weighted by atomic mass is 10.2. The summed E-state index contributed by atoms with van der Waals surface area (Å²) in [5.74, 6) is -1.33. The fourth-order valence-electron chi connectivity index (χ4n) is 1.03. The van der Waals surface area contributed by atoms with E-state index in [0.717, 1.165) is 0 Å². The minimum atomic E-state index is -1.40. The first-order valence-corrected chi connectivity index (χ1v) is 5.79. The van der Waals surface area contributed by atoms with E-state index < -0.39 is 17.9 Å². The van der Waals surface area contributed by atoms with Crippen LogP contribution in [0.3, 0.4) is 0 Å². The first kappa shape index (κ1) is 14.0. The Morgan fingerprint density at radius 1 is 1.53 bits per heavy atom. The predicted octanol–water partition coefficient (Wildman–Crippen LogP) is 0.679. The van der Waals surface area contributed by atoms with Gasteiger partial charge in [-0.3, -0.25) is 9.59 Å². The van der Waals surface area contributed by atoms with Crippen molar-refractivity contribution in [3.63, 3.8) is 0 Å². The first-order valence-electron chi connectivity index (χ1n) is 4.62. The van der Waals surface area contributed by atoms with Gasteiger partial charge in [0.25, 0.3) is 5.91 Å². The van der Waals surface area contributed by atoms with Crippen LogP contribution < -0.4 is 11.1 Å². The van der Waals surface area contributed by atoms with Gasteiger partial charge in [0, 0.05) is 10.0 Å². The summed E-state index contributed by atoms with van der Waals surface area (Å²) in [5.41, 5.74) is 5.17. The number of nitrogens with two attached hydrogens (primary N) is 1. The van der Waals surface area contributed by atoms with Gasteiger partial charge < -0.3 is 16.2 Å². The van der Waals surface area contributed by atoms with E-state index in [-0.39, 0.29) is 6.54 Å². The zero-order valence-corrected chi connectivity index (χ0v) is 11.0. The van der Waals surface area contributed by atoms with Crippen molar-refractivity contribution in [2.45, 2.75) is 6.10 Å². The van der Waals surface area contributed by atoms with Gasteiger partial charge in [-0.1, -0.05) is 11.6 Å². The summed E-state index contributed by atoms with van der Waals surface area (Å²) in [6.45, 7) is -0.234. The Hall–Kier alpha value is -1.11. The van der Waals surface area contributed by atoms with Crippen molar-refractivity contribution in [1.82, 2.24) is 5.32 Å². The molecule has 1 aromatic carbocycles. The molecule has 0 aliphatic carbocycles. The molecule has 0 aliphatic heterocycles. The van der Waals surface area contributed by atoms with E-state index in [1.54, 1.807) is 12.1 Å². The lowest BCUT2D eigenvalue weighted by molar-refractivity contribution is -0.125. The number of aliphatic hydroxyl groups is 1. The molecule has 0 bridgehead atoms. The second-order valence-electron chi connectivity index (χ2n) is 3.26. The average Bonchev–Trinajstić information content (AvgIpc) is 2.28. The number of rotatable bonds is 4. The molecule has 0 fully saturated rings. The second kappa shape index (κ2) is 6.00. The van der Waals surface area contributed by atoms with Gasteiger partial charge in [0.1, 0.15) is 6.10 Å². The monoisotopic (exact) mass is 320 g/mol. The molecule has 0 saturated carbocycles. The molecule has 0 aromatic heterocycles. The van der Waals surface area contributed by atoms with Gasteiger partial charge in [0.15, 0.2) is 0 Å². The maximum absolute atomic E-state index is 11.6. The van der Waals surface area contributed by atoms with Gasteiger partial charge in [-0.15, -0.1) is 0 Å². The molecule has 0 aliphatic rings. The second-order valence-corrected chi connectivity index (χ2v) is 4.52. The van der Waals surface area contributed by atoms with Gasteiger partial charge in [-0.25, -0.2) is 0 Å². The third-order valence-corrected chi connectivity index (χ3v) is 3.20. The van der Waals surface area contributed by atoms with Crippen molar-refractivity contribution in [3.8, 4) is 0 Å². The van der Waals surface area contributed by atoms with E-state index in [2.05, 4.69) is 21.2 Å². The van der Waals surface area contributed by atoms with E-state index in [9.17, 15) is 9.59 Å². The topological polar surface area (TPSA) is 92.4 Å². The van der Waals surface area contributed by atoms with E-state index >= 15 is 0 Å². The van der Waals surface area contributed by atoms with Crippen LogP contribution in [0, 0.1) is 0 Å². The van der Waals surface area contributed by atoms with Gasteiger partial charge in [0.05, 0.1) is 11.6 Å². The van der Waals surface area contributed by atoms with Gasteiger partial charge in [-0.2, -0.15) is 0 Å². The lowest BCUT2D eigenvalue weighted by Crippen LogP contribution is -2.39. The summed E-state index contributed by atoms with van der Waals surface area (Å²) in [6, 6.07) is 4.65. The van der Waals surface area contributed by atoms with Crippen LogP contribution in [0.2, 0.25) is 5.02 Å². The summed E-state index contributed by atoms with van der Waals surface area (Å²) in [4.78, 5) is 22.1. The number of carbonyl (C=O) groups is 2. The van der Waals surface area contributed by atoms with E-state index in [1.165, 1.54) is 6.07 Å². The molecule has 1 rings (SSSR count). The van der Waals surface area contributed by atoms with Crippen LogP contribution >= 0.6 is 27.5 Å². The first-order chi connectivity index (χ1) is 7.91. The highest BCUT2D eigenvalue weighted by Gasteiger charge is 2.13.